The summed E-state index contributed by atoms with van der Waals surface area (Å²) in [6, 6.07) is 14.6. The number of carbonyl (C=O) groups is 4. The third-order valence-corrected chi connectivity index (χ3v) is 7.39. The molecular weight excluding hydrogens is 512 g/mol. The molecule has 3 aromatic rings. The Morgan fingerprint density at radius 3 is 2.58 bits per heavy atom. The van der Waals surface area contributed by atoms with Crippen molar-refractivity contribution in [3.05, 3.63) is 65.9 Å². The maximum atomic E-state index is 13.3. The van der Waals surface area contributed by atoms with E-state index in [9.17, 15) is 19.2 Å². The van der Waals surface area contributed by atoms with Crippen LogP contribution in [0.3, 0.4) is 0 Å². The number of carbonyl (C=O) groups excluding carboxylic acids is 4. The maximum absolute atomic E-state index is 13.3. The van der Waals surface area contributed by atoms with E-state index in [4.69, 9.17) is 15.2 Å². The lowest BCUT2D eigenvalue weighted by molar-refractivity contribution is -0.148. The largest absolute Gasteiger partial charge is 0.497 e. The zero-order valence-corrected chi connectivity index (χ0v) is 22.9. The van der Waals surface area contributed by atoms with Gasteiger partial charge in [0.15, 0.2) is 12.4 Å². The fourth-order valence-electron chi connectivity index (χ4n) is 5.14. The van der Waals surface area contributed by atoms with E-state index >= 15 is 0 Å². The lowest BCUT2D eigenvalue weighted by Crippen LogP contribution is -2.51. The number of aromatic nitrogens is 1. The second-order valence-electron chi connectivity index (χ2n) is 10.0. The number of hydrogen-bond acceptors (Lipinski definition) is 7. The number of nitrogens with zero attached hydrogens (tertiary/aromatic N) is 1. The highest BCUT2D eigenvalue weighted by atomic mass is 16.5. The Hall–Kier alpha value is -4.18. The van der Waals surface area contributed by atoms with Gasteiger partial charge in [0.05, 0.1) is 13.0 Å². The molecule has 1 heterocycles. The number of methoxy groups -OCH3 is 1. The highest BCUT2D eigenvalue weighted by Gasteiger charge is 2.37. The molecule has 4 rings (SSSR count). The molecule has 2 aromatic carbocycles. The molecular formula is C30H36N4O6. The maximum Gasteiger partial charge on any atom is 0.311 e. The van der Waals surface area contributed by atoms with Crippen LogP contribution in [0.4, 0.5) is 0 Å². The van der Waals surface area contributed by atoms with Gasteiger partial charge in [0.2, 0.25) is 5.91 Å². The van der Waals surface area contributed by atoms with Crippen molar-refractivity contribution in [1.29, 1.82) is 0 Å². The van der Waals surface area contributed by atoms with E-state index in [0.717, 1.165) is 17.3 Å². The number of hydrogen-bond donors (Lipinski definition) is 3. The molecule has 0 aliphatic heterocycles. The first-order valence-electron chi connectivity index (χ1n) is 13.5. The predicted octanol–water partition coefficient (Wildman–Crippen LogP) is 2.74. The van der Waals surface area contributed by atoms with Crippen molar-refractivity contribution in [3.63, 3.8) is 0 Å². The zero-order valence-electron chi connectivity index (χ0n) is 22.9. The van der Waals surface area contributed by atoms with Gasteiger partial charge in [-0.15, -0.1) is 0 Å². The highest BCUT2D eigenvalue weighted by Crippen LogP contribution is 2.27. The Kier molecular flexibility index (Phi) is 9.55. The fourth-order valence-corrected chi connectivity index (χ4v) is 5.14. The molecule has 1 saturated carbocycles. The van der Waals surface area contributed by atoms with Gasteiger partial charge in [0.25, 0.3) is 5.91 Å². The third kappa shape index (κ3) is 6.69. The lowest BCUT2D eigenvalue weighted by atomic mass is 10.0. The summed E-state index contributed by atoms with van der Waals surface area (Å²) in [4.78, 5) is 51.8. The van der Waals surface area contributed by atoms with Gasteiger partial charge in [0, 0.05) is 29.6 Å². The first kappa shape index (κ1) is 28.8. The number of esters is 1. The number of Topliss-reactive ketones (excluding diaryl/α,β-unsaturated/α-hetero) is 1. The van der Waals surface area contributed by atoms with Crippen LogP contribution in [0.15, 0.2) is 54.6 Å². The van der Waals surface area contributed by atoms with Gasteiger partial charge < -0.3 is 30.4 Å². The molecule has 10 nitrogen and oxygen atoms in total. The van der Waals surface area contributed by atoms with Crippen molar-refractivity contribution in [2.24, 2.45) is 18.7 Å². The molecule has 1 aromatic heterocycles. The number of nitrogens with one attached hydrogen (secondary N) is 2. The van der Waals surface area contributed by atoms with E-state index < -0.39 is 29.9 Å². The lowest BCUT2D eigenvalue weighted by Gasteiger charge is -2.24. The number of aryl methyl sites for hydroxylation is 1. The monoisotopic (exact) mass is 548 g/mol. The van der Waals surface area contributed by atoms with Gasteiger partial charge >= 0.3 is 5.97 Å². The molecule has 1 unspecified atom stereocenters. The SMILES string of the molecule is COc1ccc2c(c1)cc(C(=O)N[C@@H](CCCN)C(=O)NC1CCC[C@H]1C(=O)OCC(=O)c1ccccc1)n2C. The van der Waals surface area contributed by atoms with Crippen LogP contribution < -0.4 is 21.1 Å². The molecule has 1 fully saturated rings. The van der Waals surface area contributed by atoms with Gasteiger partial charge in [-0.05, 0) is 56.5 Å². The average Bonchev–Trinajstić information content (AvgIpc) is 3.57. The Morgan fingerprint density at radius 2 is 1.85 bits per heavy atom. The second-order valence-corrected chi connectivity index (χ2v) is 10.0. The predicted molar refractivity (Wildman–Crippen MR) is 150 cm³/mol. The molecule has 212 valence electrons. The molecule has 0 saturated heterocycles. The molecule has 2 amide bonds. The first-order chi connectivity index (χ1) is 19.3. The van der Waals surface area contributed by atoms with E-state index in [1.54, 1.807) is 55.1 Å². The topological polar surface area (TPSA) is 142 Å². The molecule has 40 heavy (non-hydrogen) atoms. The number of ether oxygens (including phenoxy) is 2. The molecule has 3 atom stereocenters. The van der Waals surface area contributed by atoms with Crippen LogP contribution in [0.25, 0.3) is 10.9 Å². The first-order valence-corrected chi connectivity index (χ1v) is 13.5. The van der Waals surface area contributed by atoms with Gasteiger partial charge in [-0.2, -0.15) is 0 Å². The van der Waals surface area contributed by atoms with E-state index in [0.29, 0.717) is 49.2 Å². The quantitative estimate of drug-likeness (QED) is 0.233. The smallest absolute Gasteiger partial charge is 0.311 e. The number of benzene rings is 2. The van der Waals surface area contributed by atoms with Crippen LogP contribution >= 0.6 is 0 Å². The van der Waals surface area contributed by atoms with Crippen LogP contribution in [0.2, 0.25) is 0 Å². The summed E-state index contributed by atoms with van der Waals surface area (Å²) in [7, 11) is 3.37. The fraction of sp³-hybridized carbons (Fsp3) is 0.400. The van der Waals surface area contributed by atoms with Crippen molar-refractivity contribution in [1.82, 2.24) is 15.2 Å². The van der Waals surface area contributed by atoms with Gasteiger partial charge in [-0.25, -0.2) is 0 Å². The minimum absolute atomic E-state index is 0.288. The highest BCUT2D eigenvalue weighted by molar-refractivity contribution is 6.01. The standard InChI is InChI=1S/C30H36N4O6/c1-34-25-14-13-21(39-2)16-20(25)17-26(34)29(37)33-24(12-7-15-31)28(36)32-23-11-6-10-22(23)30(38)40-18-27(35)19-8-4-3-5-9-19/h3-5,8-9,13-14,16-17,22-24H,6-7,10-12,15,18,31H2,1-2H3,(H,32,36)(H,33,37)/t22-,23?,24+/m1/s1. The third-order valence-electron chi connectivity index (χ3n) is 7.39. The molecule has 1 aliphatic rings. The second kappa shape index (κ2) is 13.3. The van der Waals surface area contributed by atoms with Crippen LogP contribution in [0.1, 0.15) is 53.0 Å². The molecule has 0 radical (unpaired) electrons. The summed E-state index contributed by atoms with van der Waals surface area (Å²) in [5.41, 5.74) is 7.42. The van der Waals surface area contributed by atoms with Crippen LogP contribution in [-0.2, 0) is 21.4 Å². The molecule has 0 bridgehead atoms. The molecule has 4 N–H and O–H groups in total. The minimum Gasteiger partial charge on any atom is -0.497 e. The summed E-state index contributed by atoms with van der Waals surface area (Å²) in [6.45, 7) is 0.00734. The summed E-state index contributed by atoms with van der Waals surface area (Å²) in [6.07, 6.45) is 2.75. The van der Waals surface area contributed by atoms with Crippen molar-refractivity contribution in [2.45, 2.75) is 44.2 Å². The van der Waals surface area contributed by atoms with Gasteiger partial charge in [0.1, 0.15) is 17.5 Å². The Balaban J connectivity index is 1.40. The molecule has 0 spiro atoms. The summed E-state index contributed by atoms with van der Waals surface area (Å²) in [5, 5.41) is 6.64. The minimum atomic E-state index is -0.833. The number of ketones is 1. The number of amides is 2. The molecule has 1 aliphatic carbocycles. The normalized spacial score (nSPS) is 17.3. The van der Waals surface area contributed by atoms with Crippen molar-refractivity contribution in [3.8, 4) is 5.75 Å². The van der Waals surface area contributed by atoms with Crippen molar-refractivity contribution in [2.75, 3.05) is 20.3 Å². The zero-order chi connectivity index (χ0) is 28.6. The van der Waals surface area contributed by atoms with E-state index in [2.05, 4.69) is 10.6 Å². The van der Waals surface area contributed by atoms with E-state index in [-0.39, 0.29) is 18.3 Å². The number of fused-ring (bicyclic) bond motifs is 1. The van der Waals surface area contributed by atoms with Crippen molar-refractivity contribution >= 4 is 34.5 Å². The Bertz CT molecular complexity index is 1370. The summed E-state index contributed by atoms with van der Waals surface area (Å²) in [5.74, 6) is -1.46. The number of nitrogens with two attached hydrogens (primary N) is 1. The van der Waals surface area contributed by atoms with E-state index in [1.807, 2.05) is 18.2 Å². The van der Waals surface area contributed by atoms with E-state index in [1.165, 1.54) is 0 Å². The van der Waals surface area contributed by atoms with Crippen molar-refractivity contribution < 1.29 is 28.7 Å². The number of rotatable bonds is 12. The molecule has 10 heteroatoms. The average molecular weight is 549 g/mol. The summed E-state index contributed by atoms with van der Waals surface area (Å²) < 4.78 is 12.4. The van der Waals surface area contributed by atoms with Crippen LogP contribution in [0.5, 0.6) is 5.75 Å². The van der Waals surface area contributed by atoms with Crippen LogP contribution in [0, 0.1) is 5.92 Å². The Morgan fingerprint density at radius 1 is 1.07 bits per heavy atom. The Labute approximate surface area is 233 Å². The van der Waals surface area contributed by atoms with Gasteiger partial charge in [-0.1, -0.05) is 36.8 Å². The summed E-state index contributed by atoms with van der Waals surface area (Å²) >= 11 is 0. The van der Waals surface area contributed by atoms with Crippen LogP contribution in [-0.4, -0.2) is 60.5 Å². The van der Waals surface area contributed by atoms with Gasteiger partial charge in [-0.3, -0.25) is 19.2 Å².